The first-order valence-electron chi connectivity index (χ1n) is 5.51. The molecule has 1 aromatic carbocycles. The molecule has 0 heterocycles. The van der Waals surface area contributed by atoms with Gasteiger partial charge in [0.05, 0.1) is 6.04 Å². The molecule has 5 N–H and O–H groups in total. The lowest BCUT2D eigenvalue weighted by Crippen LogP contribution is -2.91. The number of hydrogen-bond donors (Lipinski definition) is 3. The molecular formula is C12H18N3O2+. The van der Waals surface area contributed by atoms with E-state index in [2.05, 4.69) is 5.32 Å². The van der Waals surface area contributed by atoms with Gasteiger partial charge in [0, 0.05) is 5.56 Å². The molecule has 0 aliphatic heterocycles. The number of hydrogen-bond acceptors (Lipinski definition) is 2. The number of carbonyl (C=O) groups excluding carboxylic acids is 2. The van der Waals surface area contributed by atoms with Gasteiger partial charge in [-0.25, -0.2) is 4.79 Å². The van der Waals surface area contributed by atoms with Crippen molar-refractivity contribution in [2.24, 2.45) is 5.73 Å². The van der Waals surface area contributed by atoms with E-state index in [0.717, 1.165) is 5.56 Å². The fourth-order valence-electron chi connectivity index (χ4n) is 1.59. The number of benzene rings is 1. The van der Waals surface area contributed by atoms with Gasteiger partial charge in [-0.05, 0) is 13.8 Å². The van der Waals surface area contributed by atoms with Gasteiger partial charge in [-0.2, -0.15) is 0 Å². The standard InChI is InChI=1S/C12H17N3O2/c1-8(2)14-10(11(16)15-12(13)17)9-6-4-3-5-7-9/h3-8,10,14H,1-2H3,(H3,13,15,16,17)/p+1/t10-/m1/s1. The van der Waals surface area contributed by atoms with E-state index in [1.165, 1.54) is 0 Å². The van der Waals surface area contributed by atoms with E-state index >= 15 is 0 Å². The third kappa shape index (κ3) is 4.24. The lowest BCUT2D eigenvalue weighted by atomic mass is 10.1. The summed E-state index contributed by atoms with van der Waals surface area (Å²) in [4.78, 5) is 22.6. The van der Waals surface area contributed by atoms with Gasteiger partial charge in [-0.3, -0.25) is 10.1 Å². The summed E-state index contributed by atoms with van der Waals surface area (Å²) >= 11 is 0. The molecule has 92 valence electrons. The molecule has 0 bridgehead atoms. The zero-order chi connectivity index (χ0) is 12.8. The molecule has 0 saturated carbocycles. The Labute approximate surface area is 100 Å². The van der Waals surface area contributed by atoms with Crippen LogP contribution in [0, 0.1) is 0 Å². The fraction of sp³-hybridized carbons (Fsp3) is 0.333. The van der Waals surface area contributed by atoms with Gasteiger partial charge in [-0.1, -0.05) is 30.3 Å². The van der Waals surface area contributed by atoms with Crippen LogP contribution in [0.1, 0.15) is 25.5 Å². The smallest absolute Gasteiger partial charge is 0.319 e. The average Bonchev–Trinajstić information content (AvgIpc) is 2.25. The van der Waals surface area contributed by atoms with Crippen LogP contribution in [-0.2, 0) is 4.79 Å². The number of nitrogens with one attached hydrogen (secondary N) is 1. The molecule has 0 aliphatic rings. The third-order valence-corrected chi connectivity index (χ3v) is 2.26. The third-order valence-electron chi connectivity index (χ3n) is 2.26. The van der Waals surface area contributed by atoms with Gasteiger partial charge in [0.25, 0.3) is 5.91 Å². The van der Waals surface area contributed by atoms with Crippen molar-refractivity contribution >= 4 is 11.9 Å². The number of rotatable bonds is 4. The number of imide groups is 1. The van der Waals surface area contributed by atoms with Crippen molar-refractivity contribution in [3.05, 3.63) is 35.9 Å². The van der Waals surface area contributed by atoms with Gasteiger partial charge in [0.2, 0.25) is 0 Å². The minimum atomic E-state index is -0.826. The first-order valence-corrected chi connectivity index (χ1v) is 5.51. The fourth-order valence-corrected chi connectivity index (χ4v) is 1.59. The molecule has 5 nitrogen and oxygen atoms in total. The van der Waals surface area contributed by atoms with Crippen LogP contribution in [0.4, 0.5) is 4.79 Å². The molecule has 1 aromatic rings. The quantitative estimate of drug-likeness (QED) is 0.681. The molecular weight excluding hydrogens is 218 g/mol. The van der Waals surface area contributed by atoms with Crippen LogP contribution in [0.2, 0.25) is 0 Å². The zero-order valence-corrected chi connectivity index (χ0v) is 10.0. The number of quaternary nitrogens is 1. The molecule has 0 spiro atoms. The van der Waals surface area contributed by atoms with Crippen molar-refractivity contribution in [2.75, 3.05) is 0 Å². The predicted octanol–water partition coefficient (Wildman–Crippen LogP) is -0.106. The normalized spacial score (nSPS) is 12.2. The van der Waals surface area contributed by atoms with Crippen molar-refractivity contribution in [3.63, 3.8) is 0 Å². The lowest BCUT2D eigenvalue weighted by Gasteiger charge is -2.16. The van der Waals surface area contributed by atoms with E-state index in [9.17, 15) is 9.59 Å². The van der Waals surface area contributed by atoms with E-state index in [0.29, 0.717) is 0 Å². The maximum Gasteiger partial charge on any atom is 0.319 e. The zero-order valence-electron chi connectivity index (χ0n) is 10.0. The average molecular weight is 236 g/mol. The van der Waals surface area contributed by atoms with Gasteiger partial charge >= 0.3 is 6.03 Å². The van der Waals surface area contributed by atoms with Crippen LogP contribution in [0.5, 0.6) is 0 Å². The Morgan fingerprint density at radius 1 is 1.24 bits per heavy atom. The highest BCUT2D eigenvalue weighted by atomic mass is 16.2. The number of nitrogens with two attached hydrogens (primary N) is 2. The highest BCUT2D eigenvalue weighted by Gasteiger charge is 2.25. The van der Waals surface area contributed by atoms with Crippen LogP contribution >= 0.6 is 0 Å². The van der Waals surface area contributed by atoms with Gasteiger partial charge < -0.3 is 11.1 Å². The Balaban J connectivity index is 2.88. The molecule has 0 fully saturated rings. The summed E-state index contributed by atoms with van der Waals surface area (Å²) < 4.78 is 0. The first kappa shape index (κ1) is 13.2. The highest BCUT2D eigenvalue weighted by Crippen LogP contribution is 2.08. The SMILES string of the molecule is CC(C)[NH2+][C@@H](C(=O)NC(N)=O)c1ccccc1. The van der Waals surface area contributed by atoms with Crippen LogP contribution in [0.15, 0.2) is 30.3 Å². The topological polar surface area (TPSA) is 88.8 Å². The Morgan fingerprint density at radius 3 is 2.29 bits per heavy atom. The molecule has 0 radical (unpaired) electrons. The van der Waals surface area contributed by atoms with Crippen molar-refractivity contribution < 1.29 is 14.9 Å². The number of urea groups is 1. The summed E-state index contributed by atoms with van der Waals surface area (Å²) in [5.41, 5.74) is 5.80. The minimum absolute atomic E-state index is 0.235. The molecule has 0 aliphatic carbocycles. The van der Waals surface area contributed by atoms with Crippen molar-refractivity contribution in [2.45, 2.75) is 25.9 Å². The maximum atomic E-state index is 11.8. The van der Waals surface area contributed by atoms with Gasteiger partial charge in [0.15, 0.2) is 6.04 Å². The summed E-state index contributed by atoms with van der Waals surface area (Å²) in [6.45, 7) is 3.96. The largest absolute Gasteiger partial charge is 0.351 e. The molecule has 1 rings (SSSR count). The molecule has 0 aromatic heterocycles. The van der Waals surface area contributed by atoms with E-state index < -0.39 is 18.0 Å². The second-order valence-electron chi connectivity index (χ2n) is 4.18. The number of amides is 3. The van der Waals surface area contributed by atoms with Crippen LogP contribution in [0.25, 0.3) is 0 Å². The molecule has 0 unspecified atom stereocenters. The second kappa shape index (κ2) is 6.00. The lowest BCUT2D eigenvalue weighted by molar-refractivity contribution is -0.709. The van der Waals surface area contributed by atoms with Crippen molar-refractivity contribution in [1.82, 2.24) is 5.32 Å². The Kier molecular flexibility index (Phi) is 4.66. The van der Waals surface area contributed by atoms with E-state index in [-0.39, 0.29) is 6.04 Å². The molecule has 3 amide bonds. The van der Waals surface area contributed by atoms with Gasteiger partial charge in [0.1, 0.15) is 0 Å². The number of carbonyl (C=O) groups is 2. The molecule has 5 heteroatoms. The highest BCUT2D eigenvalue weighted by molar-refractivity contribution is 5.96. The summed E-state index contributed by atoms with van der Waals surface area (Å²) in [5, 5.41) is 4.00. The summed E-state index contributed by atoms with van der Waals surface area (Å²) in [6, 6.07) is 8.24. The second-order valence-corrected chi connectivity index (χ2v) is 4.18. The number of primary amides is 1. The van der Waals surface area contributed by atoms with E-state index in [1.54, 1.807) is 0 Å². The first-order chi connectivity index (χ1) is 8.00. The van der Waals surface area contributed by atoms with Crippen molar-refractivity contribution in [3.8, 4) is 0 Å². The predicted molar refractivity (Wildman–Crippen MR) is 64.0 cm³/mol. The molecule has 1 atom stereocenters. The van der Waals surface area contributed by atoms with Crippen LogP contribution < -0.4 is 16.4 Å². The summed E-state index contributed by atoms with van der Waals surface area (Å²) in [7, 11) is 0. The molecule has 0 saturated heterocycles. The van der Waals surface area contributed by atoms with Crippen LogP contribution in [-0.4, -0.2) is 18.0 Å². The Bertz CT molecular complexity index is 390. The molecule has 17 heavy (non-hydrogen) atoms. The summed E-state index contributed by atoms with van der Waals surface area (Å²) in [5.74, 6) is -0.391. The monoisotopic (exact) mass is 236 g/mol. The van der Waals surface area contributed by atoms with Crippen molar-refractivity contribution in [1.29, 1.82) is 0 Å². The van der Waals surface area contributed by atoms with E-state index in [1.807, 2.05) is 49.5 Å². The Hall–Kier alpha value is -1.88. The van der Waals surface area contributed by atoms with Crippen LogP contribution in [0.3, 0.4) is 0 Å². The summed E-state index contributed by atoms with van der Waals surface area (Å²) in [6.07, 6.45) is 0. The minimum Gasteiger partial charge on any atom is -0.351 e. The van der Waals surface area contributed by atoms with Gasteiger partial charge in [-0.15, -0.1) is 0 Å². The Morgan fingerprint density at radius 2 is 1.82 bits per heavy atom. The maximum absolute atomic E-state index is 11.8. The van der Waals surface area contributed by atoms with E-state index in [4.69, 9.17) is 5.73 Å².